The van der Waals surface area contributed by atoms with E-state index in [9.17, 15) is 9.90 Å². The van der Waals surface area contributed by atoms with Gasteiger partial charge in [-0.3, -0.25) is 0 Å². The second-order valence-electron chi connectivity index (χ2n) is 2.60. The van der Waals surface area contributed by atoms with Gasteiger partial charge in [0, 0.05) is 6.42 Å². The fourth-order valence-corrected chi connectivity index (χ4v) is 0.994. The normalized spacial score (nSPS) is 37.4. The fraction of sp³-hybridized carbons (Fsp3) is 0.833. The van der Waals surface area contributed by atoms with Gasteiger partial charge in [-0.15, -0.1) is 0 Å². The van der Waals surface area contributed by atoms with Crippen LogP contribution in [-0.4, -0.2) is 46.2 Å². The number of aliphatic hydroxyl groups is 3. The molecular formula is C6H10O5. The van der Waals surface area contributed by atoms with E-state index in [1.165, 1.54) is 0 Å². The molecule has 1 aliphatic heterocycles. The molecule has 3 N–H and O–H groups in total. The average molecular weight is 162 g/mol. The molecule has 5 heteroatoms. The van der Waals surface area contributed by atoms with Crippen LogP contribution in [-0.2, 0) is 9.53 Å². The van der Waals surface area contributed by atoms with Gasteiger partial charge in [0.1, 0.15) is 6.10 Å². The minimum atomic E-state index is -1.80. The van der Waals surface area contributed by atoms with Gasteiger partial charge in [0.05, 0.1) is 13.2 Å². The van der Waals surface area contributed by atoms with Crippen LogP contribution in [0.5, 0.6) is 0 Å². The van der Waals surface area contributed by atoms with Crippen molar-refractivity contribution in [3.63, 3.8) is 0 Å². The van der Waals surface area contributed by atoms with Gasteiger partial charge in [0.2, 0.25) is 0 Å². The molecule has 0 aliphatic carbocycles. The van der Waals surface area contributed by atoms with E-state index in [1.54, 1.807) is 0 Å². The molecule has 0 unspecified atom stereocenters. The van der Waals surface area contributed by atoms with Gasteiger partial charge in [-0.1, -0.05) is 0 Å². The lowest BCUT2D eigenvalue weighted by Crippen LogP contribution is -2.38. The second-order valence-corrected chi connectivity index (χ2v) is 2.60. The molecular weight excluding hydrogens is 152 g/mol. The maximum absolute atomic E-state index is 10.8. The van der Waals surface area contributed by atoms with Crippen LogP contribution in [0.25, 0.3) is 0 Å². The molecule has 0 aromatic rings. The number of carbonyl (C=O) groups excluding carboxylic acids is 1. The topological polar surface area (TPSA) is 87.0 Å². The van der Waals surface area contributed by atoms with Crippen molar-refractivity contribution >= 4 is 5.97 Å². The zero-order valence-electron chi connectivity index (χ0n) is 5.86. The lowest BCUT2D eigenvalue weighted by atomic mass is 10.0. The van der Waals surface area contributed by atoms with E-state index in [1.807, 2.05) is 0 Å². The SMILES string of the molecule is O=C1O[C@H](CO)C[C@@]1(O)CO. The number of hydrogen-bond acceptors (Lipinski definition) is 5. The van der Waals surface area contributed by atoms with Crippen molar-refractivity contribution in [3.8, 4) is 0 Å². The number of aliphatic hydroxyl groups excluding tert-OH is 2. The van der Waals surface area contributed by atoms with Gasteiger partial charge in [-0.2, -0.15) is 0 Å². The van der Waals surface area contributed by atoms with Crippen LogP contribution >= 0.6 is 0 Å². The third kappa shape index (κ3) is 1.35. The van der Waals surface area contributed by atoms with Gasteiger partial charge in [0.25, 0.3) is 0 Å². The number of hydrogen-bond donors (Lipinski definition) is 3. The molecule has 0 amide bonds. The van der Waals surface area contributed by atoms with Gasteiger partial charge in [-0.25, -0.2) is 4.79 Å². The van der Waals surface area contributed by atoms with Crippen LogP contribution in [0.1, 0.15) is 6.42 Å². The van der Waals surface area contributed by atoms with Gasteiger partial charge >= 0.3 is 5.97 Å². The number of carbonyl (C=O) groups is 1. The Morgan fingerprint density at radius 2 is 2.27 bits per heavy atom. The molecule has 1 heterocycles. The summed E-state index contributed by atoms with van der Waals surface area (Å²) in [5.74, 6) is -0.862. The van der Waals surface area contributed by atoms with Gasteiger partial charge < -0.3 is 20.1 Å². The summed E-state index contributed by atoms with van der Waals surface area (Å²) in [6.45, 7) is -0.990. The Bertz CT molecular complexity index is 168. The minimum absolute atomic E-state index is 0.0428. The minimum Gasteiger partial charge on any atom is -0.458 e. The summed E-state index contributed by atoms with van der Waals surface area (Å²) in [6.07, 6.45) is -0.724. The highest BCUT2D eigenvalue weighted by Crippen LogP contribution is 2.24. The molecule has 1 rings (SSSR count). The van der Waals surface area contributed by atoms with Crippen molar-refractivity contribution in [1.29, 1.82) is 0 Å². The van der Waals surface area contributed by atoms with Crippen LogP contribution in [0, 0.1) is 0 Å². The van der Waals surface area contributed by atoms with Gasteiger partial charge in [-0.05, 0) is 0 Å². The lowest BCUT2D eigenvalue weighted by molar-refractivity contribution is -0.158. The molecule has 64 valence electrons. The Hall–Kier alpha value is -0.650. The number of cyclic esters (lactones) is 1. The van der Waals surface area contributed by atoms with E-state index in [0.717, 1.165) is 0 Å². The summed E-state index contributed by atoms with van der Waals surface area (Å²) in [5, 5.41) is 26.4. The van der Waals surface area contributed by atoms with E-state index < -0.39 is 24.3 Å². The summed E-state index contributed by atoms with van der Waals surface area (Å²) < 4.78 is 4.52. The van der Waals surface area contributed by atoms with E-state index in [-0.39, 0.29) is 13.0 Å². The maximum atomic E-state index is 10.8. The Kier molecular flexibility index (Phi) is 2.12. The first-order chi connectivity index (χ1) is 5.12. The van der Waals surface area contributed by atoms with Crippen LogP contribution in [0.15, 0.2) is 0 Å². The first-order valence-electron chi connectivity index (χ1n) is 3.27. The average Bonchev–Trinajstić information content (AvgIpc) is 2.29. The van der Waals surface area contributed by atoms with Crippen molar-refractivity contribution in [3.05, 3.63) is 0 Å². The van der Waals surface area contributed by atoms with Crippen molar-refractivity contribution in [2.45, 2.75) is 18.1 Å². The molecule has 1 saturated heterocycles. The maximum Gasteiger partial charge on any atom is 0.341 e. The Morgan fingerprint density at radius 3 is 2.55 bits per heavy atom. The van der Waals surface area contributed by atoms with E-state index in [0.29, 0.717) is 0 Å². The van der Waals surface area contributed by atoms with Crippen LogP contribution < -0.4 is 0 Å². The highest BCUT2D eigenvalue weighted by atomic mass is 16.6. The van der Waals surface area contributed by atoms with Crippen LogP contribution in [0.2, 0.25) is 0 Å². The summed E-state index contributed by atoms with van der Waals surface area (Å²) in [5.41, 5.74) is -1.80. The standard InChI is InChI=1S/C6H10O5/c7-2-4-1-6(10,3-8)5(9)11-4/h4,7-8,10H,1-3H2/t4-,6+/m0/s1. The van der Waals surface area contributed by atoms with Crippen molar-refractivity contribution in [1.82, 2.24) is 0 Å². The quantitative estimate of drug-likeness (QED) is 0.409. The first-order valence-corrected chi connectivity index (χ1v) is 3.27. The molecule has 0 aromatic heterocycles. The Morgan fingerprint density at radius 1 is 1.64 bits per heavy atom. The zero-order chi connectivity index (χ0) is 8.48. The van der Waals surface area contributed by atoms with Crippen molar-refractivity contribution in [2.75, 3.05) is 13.2 Å². The second kappa shape index (κ2) is 2.77. The molecule has 5 nitrogen and oxygen atoms in total. The Labute approximate surface area is 63.2 Å². The smallest absolute Gasteiger partial charge is 0.341 e. The highest BCUT2D eigenvalue weighted by molar-refractivity contribution is 5.81. The van der Waals surface area contributed by atoms with E-state index in [4.69, 9.17) is 10.2 Å². The lowest BCUT2D eigenvalue weighted by Gasteiger charge is -2.12. The molecule has 11 heavy (non-hydrogen) atoms. The third-order valence-corrected chi connectivity index (χ3v) is 1.68. The molecule has 2 atom stereocenters. The number of esters is 1. The molecule has 0 bridgehead atoms. The molecule has 0 aromatic carbocycles. The molecule has 0 radical (unpaired) electrons. The van der Waals surface area contributed by atoms with Crippen molar-refractivity contribution in [2.24, 2.45) is 0 Å². The van der Waals surface area contributed by atoms with E-state index in [2.05, 4.69) is 4.74 Å². The monoisotopic (exact) mass is 162 g/mol. The van der Waals surface area contributed by atoms with Gasteiger partial charge in [0.15, 0.2) is 5.60 Å². The van der Waals surface area contributed by atoms with E-state index >= 15 is 0 Å². The largest absolute Gasteiger partial charge is 0.458 e. The predicted molar refractivity (Wildman–Crippen MR) is 33.6 cm³/mol. The summed E-state index contributed by atoms with van der Waals surface area (Å²) >= 11 is 0. The fourth-order valence-electron chi connectivity index (χ4n) is 0.994. The molecule has 1 fully saturated rings. The first kappa shape index (κ1) is 8.45. The number of ether oxygens (including phenoxy) is 1. The van der Waals surface area contributed by atoms with Crippen LogP contribution in [0.4, 0.5) is 0 Å². The molecule has 0 saturated carbocycles. The summed E-state index contributed by atoms with van der Waals surface area (Å²) in [6, 6.07) is 0. The zero-order valence-corrected chi connectivity index (χ0v) is 5.86. The number of rotatable bonds is 2. The molecule has 1 aliphatic rings. The molecule has 0 spiro atoms. The summed E-state index contributed by atoms with van der Waals surface area (Å²) in [4.78, 5) is 10.8. The Balaban J connectivity index is 2.65. The third-order valence-electron chi connectivity index (χ3n) is 1.68. The highest BCUT2D eigenvalue weighted by Gasteiger charge is 2.47. The van der Waals surface area contributed by atoms with Crippen LogP contribution in [0.3, 0.4) is 0 Å². The predicted octanol–water partition coefficient (Wildman–Crippen LogP) is -1.98. The summed E-state index contributed by atoms with van der Waals surface area (Å²) in [7, 11) is 0. The van der Waals surface area contributed by atoms with Crippen molar-refractivity contribution < 1.29 is 24.9 Å².